The second kappa shape index (κ2) is 3.04. The first-order chi connectivity index (χ1) is 7.66. The average Bonchev–Trinajstić information content (AvgIpc) is 2.61. The Morgan fingerprint density at radius 3 is 2.62 bits per heavy atom. The molecule has 80 valence electrons. The summed E-state index contributed by atoms with van der Waals surface area (Å²) in [6, 6.07) is 8.56. The number of aromatic nitrogens is 3. The van der Waals surface area contributed by atoms with E-state index in [4.69, 9.17) is 0 Å². The highest BCUT2D eigenvalue weighted by Crippen LogP contribution is 2.22. The van der Waals surface area contributed by atoms with E-state index in [1.54, 1.807) is 0 Å². The highest BCUT2D eigenvalue weighted by molar-refractivity contribution is 5.86. The fourth-order valence-corrected chi connectivity index (χ4v) is 2.20. The quantitative estimate of drug-likeness (QED) is 0.572. The SMILES string of the molecule is Cc1ccc2c(c1)c(C)cc1nnc(C)n12. The zero-order chi connectivity index (χ0) is 11.3. The molecule has 0 aliphatic heterocycles. The first-order valence-corrected chi connectivity index (χ1v) is 5.38. The molecular weight excluding hydrogens is 198 g/mol. The molecule has 0 saturated carbocycles. The minimum atomic E-state index is 0.923. The van der Waals surface area contributed by atoms with Gasteiger partial charge in [-0.25, -0.2) is 0 Å². The Balaban J connectivity index is 2.62. The summed E-state index contributed by atoms with van der Waals surface area (Å²) in [5, 5.41) is 9.56. The van der Waals surface area contributed by atoms with Gasteiger partial charge in [-0.05, 0) is 44.5 Å². The lowest BCUT2D eigenvalue weighted by Gasteiger charge is -2.07. The average molecular weight is 211 g/mol. The van der Waals surface area contributed by atoms with Crippen molar-refractivity contribution in [1.82, 2.24) is 14.6 Å². The molecule has 3 heteroatoms. The van der Waals surface area contributed by atoms with Crippen LogP contribution in [0.3, 0.4) is 0 Å². The van der Waals surface area contributed by atoms with Crippen LogP contribution in [0.15, 0.2) is 24.3 Å². The van der Waals surface area contributed by atoms with E-state index >= 15 is 0 Å². The van der Waals surface area contributed by atoms with Crippen molar-refractivity contribution in [2.24, 2.45) is 0 Å². The van der Waals surface area contributed by atoms with Gasteiger partial charge in [-0.3, -0.25) is 4.40 Å². The normalized spacial score (nSPS) is 11.4. The third kappa shape index (κ3) is 1.14. The predicted octanol–water partition coefficient (Wildman–Crippen LogP) is 2.81. The molecule has 0 fully saturated rings. The number of hydrogen-bond donors (Lipinski definition) is 0. The van der Waals surface area contributed by atoms with Crippen LogP contribution >= 0.6 is 0 Å². The Kier molecular flexibility index (Phi) is 1.78. The van der Waals surface area contributed by atoms with Gasteiger partial charge in [0.05, 0.1) is 5.52 Å². The molecule has 0 aliphatic rings. The van der Waals surface area contributed by atoms with Gasteiger partial charge in [0, 0.05) is 5.39 Å². The fourth-order valence-electron chi connectivity index (χ4n) is 2.20. The number of aryl methyl sites for hydroxylation is 3. The van der Waals surface area contributed by atoms with E-state index in [1.165, 1.54) is 22.0 Å². The molecule has 1 aromatic carbocycles. The predicted molar refractivity (Wildman–Crippen MR) is 64.7 cm³/mol. The number of fused-ring (bicyclic) bond motifs is 3. The van der Waals surface area contributed by atoms with Gasteiger partial charge in [0.15, 0.2) is 5.65 Å². The molecular formula is C13H13N3. The van der Waals surface area contributed by atoms with E-state index in [0.717, 1.165) is 11.5 Å². The van der Waals surface area contributed by atoms with Gasteiger partial charge in [-0.1, -0.05) is 11.6 Å². The number of pyridine rings is 1. The van der Waals surface area contributed by atoms with Crippen LogP contribution in [-0.4, -0.2) is 14.6 Å². The van der Waals surface area contributed by atoms with Gasteiger partial charge in [0.25, 0.3) is 0 Å². The van der Waals surface area contributed by atoms with Gasteiger partial charge < -0.3 is 0 Å². The van der Waals surface area contributed by atoms with Crippen LogP contribution in [-0.2, 0) is 0 Å². The van der Waals surface area contributed by atoms with Crippen LogP contribution in [0.25, 0.3) is 16.6 Å². The largest absolute Gasteiger partial charge is 0.279 e. The Morgan fingerprint density at radius 1 is 1.00 bits per heavy atom. The molecule has 3 rings (SSSR count). The Morgan fingerprint density at radius 2 is 1.81 bits per heavy atom. The molecule has 0 saturated heterocycles. The van der Waals surface area contributed by atoms with Gasteiger partial charge in [0.1, 0.15) is 5.82 Å². The lowest BCUT2D eigenvalue weighted by Crippen LogP contribution is -1.93. The third-order valence-electron chi connectivity index (χ3n) is 3.01. The zero-order valence-electron chi connectivity index (χ0n) is 9.65. The van der Waals surface area contributed by atoms with Gasteiger partial charge in [-0.15, -0.1) is 10.2 Å². The van der Waals surface area contributed by atoms with E-state index in [2.05, 4.69) is 52.7 Å². The Hall–Kier alpha value is -1.90. The van der Waals surface area contributed by atoms with Gasteiger partial charge in [0.2, 0.25) is 0 Å². The highest BCUT2D eigenvalue weighted by Gasteiger charge is 2.07. The second-order valence-corrected chi connectivity index (χ2v) is 4.29. The summed E-state index contributed by atoms with van der Waals surface area (Å²) in [6.45, 7) is 6.21. The summed E-state index contributed by atoms with van der Waals surface area (Å²) < 4.78 is 2.10. The molecule has 0 radical (unpaired) electrons. The van der Waals surface area contributed by atoms with E-state index in [-0.39, 0.29) is 0 Å². The Labute approximate surface area is 93.7 Å². The molecule has 16 heavy (non-hydrogen) atoms. The third-order valence-corrected chi connectivity index (χ3v) is 3.01. The number of hydrogen-bond acceptors (Lipinski definition) is 2. The molecule has 0 bridgehead atoms. The summed E-state index contributed by atoms with van der Waals surface area (Å²) >= 11 is 0. The van der Waals surface area contributed by atoms with Gasteiger partial charge in [-0.2, -0.15) is 0 Å². The molecule has 0 spiro atoms. The molecule has 0 aliphatic carbocycles. The lowest BCUT2D eigenvalue weighted by atomic mass is 10.1. The minimum Gasteiger partial charge on any atom is -0.279 e. The van der Waals surface area contributed by atoms with Crippen molar-refractivity contribution < 1.29 is 0 Å². The maximum atomic E-state index is 4.16. The van der Waals surface area contributed by atoms with Crippen molar-refractivity contribution in [3.63, 3.8) is 0 Å². The maximum Gasteiger partial charge on any atom is 0.161 e. The summed E-state index contributed by atoms with van der Waals surface area (Å²) in [5.74, 6) is 0.934. The highest BCUT2D eigenvalue weighted by atomic mass is 15.2. The van der Waals surface area contributed by atoms with Crippen molar-refractivity contribution in [2.75, 3.05) is 0 Å². The zero-order valence-corrected chi connectivity index (χ0v) is 9.65. The number of rotatable bonds is 0. The van der Waals surface area contributed by atoms with Crippen molar-refractivity contribution in [2.45, 2.75) is 20.8 Å². The summed E-state index contributed by atoms with van der Waals surface area (Å²) in [4.78, 5) is 0. The smallest absolute Gasteiger partial charge is 0.161 e. The van der Waals surface area contributed by atoms with Crippen LogP contribution in [0.1, 0.15) is 17.0 Å². The van der Waals surface area contributed by atoms with E-state index in [9.17, 15) is 0 Å². The molecule has 2 aromatic heterocycles. The van der Waals surface area contributed by atoms with Gasteiger partial charge >= 0.3 is 0 Å². The number of benzene rings is 1. The molecule has 0 unspecified atom stereocenters. The second-order valence-electron chi connectivity index (χ2n) is 4.29. The molecule has 0 atom stereocenters. The molecule has 3 nitrogen and oxygen atoms in total. The summed E-state index contributed by atoms with van der Waals surface area (Å²) in [5.41, 5.74) is 4.63. The molecule has 0 N–H and O–H groups in total. The monoisotopic (exact) mass is 211 g/mol. The van der Waals surface area contributed by atoms with E-state index < -0.39 is 0 Å². The van der Waals surface area contributed by atoms with E-state index in [1.807, 2.05) is 6.92 Å². The molecule has 0 amide bonds. The summed E-state index contributed by atoms with van der Waals surface area (Å²) in [6.07, 6.45) is 0. The van der Waals surface area contributed by atoms with Crippen molar-refractivity contribution >= 4 is 16.6 Å². The van der Waals surface area contributed by atoms with Crippen LogP contribution in [0.2, 0.25) is 0 Å². The molecule has 3 aromatic rings. The first kappa shape index (κ1) is 9.33. The van der Waals surface area contributed by atoms with E-state index in [0.29, 0.717) is 0 Å². The van der Waals surface area contributed by atoms with Crippen LogP contribution in [0, 0.1) is 20.8 Å². The van der Waals surface area contributed by atoms with Crippen LogP contribution < -0.4 is 0 Å². The maximum absolute atomic E-state index is 4.16. The van der Waals surface area contributed by atoms with Crippen LogP contribution in [0.5, 0.6) is 0 Å². The lowest BCUT2D eigenvalue weighted by molar-refractivity contribution is 1.02. The summed E-state index contributed by atoms with van der Waals surface area (Å²) in [7, 11) is 0. The van der Waals surface area contributed by atoms with Crippen LogP contribution in [0.4, 0.5) is 0 Å². The minimum absolute atomic E-state index is 0.923. The topological polar surface area (TPSA) is 30.2 Å². The first-order valence-electron chi connectivity index (χ1n) is 5.38. The van der Waals surface area contributed by atoms with Crippen molar-refractivity contribution in [3.8, 4) is 0 Å². The van der Waals surface area contributed by atoms with Crippen molar-refractivity contribution in [3.05, 3.63) is 41.2 Å². The van der Waals surface area contributed by atoms with Crippen molar-refractivity contribution in [1.29, 1.82) is 0 Å². The fraction of sp³-hybridized carbons (Fsp3) is 0.231. The number of nitrogens with zero attached hydrogens (tertiary/aromatic N) is 3. The Bertz CT molecular complexity index is 695. The standard InChI is InChI=1S/C13H13N3/c1-8-4-5-12-11(6-8)9(2)7-13-15-14-10(3)16(12)13/h4-7H,1-3H3. The molecule has 2 heterocycles.